The predicted molar refractivity (Wildman–Crippen MR) is 152 cm³/mol. The van der Waals surface area contributed by atoms with E-state index >= 15 is 0 Å². The molecule has 5 rings (SSSR count). The largest absolute Gasteiger partial charge is 0.573 e. The molecule has 1 aliphatic rings. The van der Waals surface area contributed by atoms with Crippen LogP contribution in [0.2, 0.25) is 0 Å². The summed E-state index contributed by atoms with van der Waals surface area (Å²) in [5.74, 6) is -4.86. The highest BCUT2D eigenvalue weighted by atomic mass is 32.2. The minimum absolute atomic E-state index is 0.0718. The lowest BCUT2D eigenvalue weighted by Gasteiger charge is -2.38. The lowest BCUT2D eigenvalue weighted by molar-refractivity contribution is -0.274. The molecule has 4 aromatic rings. The van der Waals surface area contributed by atoms with E-state index in [1.54, 1.807) is 0 Å². The van der Waals surface area contributed by atoms with Crippen molar-refractivity contribution < 1.29 is 67.3 Å². The zero-order valence-electron chi connectivity index (χ0n) is 24.1. The molecule has 0 bridgehead atoms. The number of halogens is 9. The normalized spacial score (nSPS) is 16.0. The second-order valence-electron chi connectivity index (χ2n) is 9.66. The molecule has 266 valence electrons. The molecule has 49 heavy (non-hydrogen) atoms. The van der Waals surface area contributed by atoms with E-state index in [4.69, 9.17) is 5.73 Å². The predicted octanol–water partition coefficient (Wildman–Crippen LogP) is 4.85. The summed E-state index contributed by atoms with van der Waals surface area (Å²) in [5, 5.41) is 9.80. The number of nitrogens with two attached hydrogens (primary N) is 1. The van der Waals surface area contributed by atoms with Crippen molar-refractivity contribution in [3.63, 3.8) is 0 Å². The van der Waals surface area contributed by atoms with Crippen LogP contribution in [0.3, 0.4) is 0 Å². The van der Waals surface area contributed by atoms with E-state index in [9.17, 15) is 57.8 Å². The number of piperazine rings is 1. The van der Waals surface area contributed by atoms with Gasteiger partial charge in [0.1, 0.15) is 11.8 Å². The summed E-state index contributed by atoms with van der Waals surface area (Å²) >= 11 is 0.904. The van der Waals surface area contributed by atoms with E-state index in [1.807, 2.05) is 0 Å². The Morgan fingerprint density at radius 2 is 1.73 bits per heavy atom. The van der Waals surface area contributed by atoms with Crippen LogP contribution in [0.25, 0.3) is 10.3 Å². The van der Waals surface area contributed by atoms with E-state index in [2.05, 4.69) is 24.4 Å². The van der Waals surface area contributed by atoms with Gasteiger partial charge in [0.2, 0.25) is 15.8 Å². The molecule has 1 fully saturated rings. The van der Waals surface area contributed by atoms with Gasteiger partial charge in [0.15, 0.2) is 22.3 Å². The monoisotopic (exact) mass is 748 g/mol. The summed E-state index contributed by atoms with van der Waals surface area (Å²) in [5.41, 5.74) is 5.49. The molecule has 2 aromatic carbocycles. The number of rotatable bonds is 8. The van der Waals surface area contributed by atoms with Crippen LogP contribution in [0.5, 0.6) is 11.5 Å². The van der Waals surface area contributed by atoms with Gasteiger partial charge in [-0.15, -0.1) is 13.2 Å². The van der Waals surface area contributed by atoms with Crippen LogP contribution in [-0.2, 0) is 27.5 Å². The molecule has 0 saturated carbocycles. The number of ether oxygens (including phenoxy) is 2. The first-order valence-electron chi connectivity index (χ1n) is 13.3. The van der Waals surface area contributed by atoms with Crippen molar-refractivity contribution >= 4 is 42.8 Å². The summed E-state index contributed by atoms with van der Waals surface area (Å²) in [6.07, 6.45) is -8.83. The lowest BCUT2D eigenvalue weighted by Crippen LogP contribution is -2.58. The summed E-state index contributed by atoms with van der Waals surface area (Å²) in [4.78, 5) is 23.5. The summed E-state index contributed by atoms with van der Waals surface area (Å²) < 4.78 is 146. The van der Waals surface area contributed by atoms with Crippen molar-refractivity contribution in [3.8, 4) is 11.5 Å². The maximum Gasteiger partial charge on any atom is 0.573 e. The number of thiazole rings is 1. The number of carboxylic acids is 1. The summed E-state index contributed by atoms with van der Waals surface area (Å²) in [6.45, 7) is -3.68. The Morgan fingerprint density at radius 3 is 2.29 bits per heavy atom. The van der Waals surface area contributed by atoms with Crippen LogP contribution < -0.4 is 20.1 Å². The maximum atomic E-state index is 13.1. The Hall–Kier alpha value is -4.48. The van der Waals surface area contributed by atoms with E-state index in [1.165, 1.54) is 11.0 Å². The highest BCUT2D eigenvalue weighted by Crippen LogP contribution is 2.33. The van der Waals surface area contributed by atoms with Gasteiger partial charge in [-0.2, -0.15) is 31.2 Å². The molecule has 1 saturated heterocycles. The number of carboxylic acid groups (broad SMARTS) is 1. The Bertz CT molecular complexity index is 1890. The van der Waals surface area contributed by atoms with E-state index in [0.717, 1.165) is 53.9 Å². The maximum absolute atomic E-state index is 13.1. The van der Waals surface area contributed by atoms with Crippen LogP contribution in [0.4, 0.5) is 44.6 Å². The number of hydrogen-bond donors (Lipinski definition) is 2. The number of benzene rings is 2. The molecule has 12 nitrogen and oxygen atoms in total. The molecule has 1 aliphatic heterocycles. The molecule has 0 spiro atoms. The third-order valence-electron chi connectivity index (χ3n) is 6.39. The van der Waals surface area contributed by atoms with Crippen molar-refractivity contribution in [3.05, 3.63) is 65.9 Å². The van der Waals surface area contributed by atoms with Crippen molar-refractivity contribution in [2.45, 2.75) is 36.6 Å². The number of alkyl halides is 8. The first-order valence-corrected chi connectivity index (χ1v) is 15.5. The molecule has 0 radical (unpaired) electrons. The van der Waals surface area contributed by atoms with Crippen LogP contribution in [-0.4, -0.2) is 77.4 Å². The highest BCUT2D eigenvalue weighted by molar-refractivity contribution is 7.89. The molecular weight excluding hydrogens is 727 g/mol. The highest BCUT2D eigenvalue weighted by Gasteiger charge is 2.41. The quantitative estimate of drug-likeness (QED) is 0.237. The summed E-state index contributed by atoms with van der Waals surface area (Å²) in [7, 11) is -4.44. The molecule has 23 heteroatoms. The second-order valence-corrected chi connectivity index (χ2v) is 12.6. The van der Waals surface area contributed by atoms with Gasteiger partial charge in [0.25, 0.3) is 0 Å². The van der Waals surface area contributed by atoms with E-state index < -0.39 is 75.8 Å². The van der Waals surface area contributed by atoms with Crippen LogP contribution in [0.1, 0.15) is 11.4 Å². The fourth-order valence-corrected chi connectivity index (χ4v) is 6.71. The number of anilines is 1. The van der Waals surface area contributed by atoms with Crippen molar-refractivity contribution in [1.29, 1.82) is 0 Å². The Labute approximate surface area is 273 Å². The Kier molecular flexibility index (Phi) is 11.1. The molecule has 0 unspecified atom stereocenters. The zero-order chi connectivity index (χ0) is 36.3. The molecule has 2 aromatic heterocycles. The van der Waals surface area contributed by atoms with Crippen LogP contribution >= 0.6 is 11.3 Å². The lowest BCUT2D eigenvalue weighted by atomic mass is 10.2. The fraction of sp³-hybridized carbons (Fsp3) is 0.308. The van der Waals surface area contributed by atoms with Gasteiger partial charge < -0.3 is 25.2 Å². The topological polar surface area (TPSA) is 161 Å². The van der Waals surface area contributed by atoms with Gasteiger partial charge >= 0.3 is 25.1 Å². The van der Waals surface area contributed by atoms with E-state index in [-0.39, 0.29) is 35.1 Å². The van der Waals surface area contributed by atoms with Gasteiger partial charge in [-0.25, -0.2) is 22.8 Å². The summed E-state index contributed by atoms with van der Waals surface area (Å²) in [6, 6.07) is 5.27. The van der Waals surface area contributed by atoms with Gasteiger partial charge in [-0.3, -0.25) is 4.79 Å². The zero-order valence-corrected chi connectivity index (χ0v) is 25.8. The minimum Gasteiger partial charge on any atom is -0.480 e. The number of aromatic nitrogens is 3. The number of carbonyl (C=O) groups is 1. The molecule has 0 amide bonds. The first-order chi connectivity index (χ1) is 22.8. The van der Waals surface area contributed by atoms with E-state index in [0.29, 0.717) is 9.87 Å². The average Bonchev–Trinajstić information content (AvgIpc) is 3.45. The molecule has 1 atom stereocenters. The van der Waals surface area contributed by atoms with Gasteiger partial charge in [0.05, 0.1) is 15.8 Å². The molecular formula is C26H21F9N6O6S2. The van der Waals surface area contributed by atoms with Crippen molar-refractivity contribution in [2.75, 3.05) is 24.5 Å². The average molecular weight is 749 g/mol. The minimum atomic E-state index is -4.98. The third kappa shape index (κ3) is 9.36. The van der Waals surface area contributed by atoms with Gasteiger partial charge in [0, 0.05) is 26.2 Å². The number of fused-ring (bicyclic) bond motifs is 1. The number of hydrogen-bond acceptors (Lipinski definition) is 11. The molecule has 0 aliphatic carbocycles. The van der Waals surface area contributed by atoms with Crippen molar-refractivity contribution in [1.82, 2.24) is 19.3 Å². The van der Waals surface area contributed by atoms with Crippen LogP contribution in [0.15, 0.2) is 53.6 Å². The Balaban J connectivity index is 0.000000350. The van der Waals surface area contributed by atoms with Crippen molar-refractivity contribution in [2.24, 2.45) is 5.73 Å². The standard InChI is InChI=1S/C18H13F6N5O5S2.C8H8F3NO/c19-17(20,21)15-25-7-12-13(26-15)27-16(35-12)28-5-6-29(11(8-28)14(30)31)36(32,33)10-3-1-9(2-4-10)34-18(22,23)24;9-6-3-5(4-12)1-2-7(6)13-8(10)11/h1-4,7,11H,5-6,8H2,(H,30,31);1-3,8H,4,12H2/t11-;/m1./s1. The number of sulfonamides is 1. The smallest absolute Gasteiger partial charge is 0.480 e. The Morgan fingerprint density at radius 1 is 1.06 bits per heavy atom. The second kappa shape index (κ2) is 14.6. The van der Waals surface area contributed by atoms with Gasteiger partial charge in [-0.05, 0) is 42.0 Å². The fourth-order valence-electron chi connectivity index (χ4n) is 4.24. The molecule has 3 N–H and O–H groups in total. The van der Waals surface area contributed by atoms with Crippen LogP contribution in [0, 0.1) is 5.82 Å². The third-order valence-corrected chi connectivity index (χ3v) is 9.35. The first kappa shape index (κ1) is 37.3. The SMILES string of the molecule is NCc1ccc(OC(F)F)c(F)c1.O=C(O)[C@H]1CN(c2nc3nc(C(F)(F)F)ncc3s2)CCN1S(=O)(=O)c1ccc(OC(F)(F)F)cc1. The molecule has 3 heterocycles. The van der Waals surface area contributed by atoms with Gasteiger partial charge in [-0.1, -0.05) is 17.4 Å². The number of aliphatic carboxylic acids is 1. The number of nitrogens with zero attached hydrogens (tertiary/aromatic N) is 5.